The minimum absolute atomic E-state index is 0.0171. The fraction of sp³-hybridized carbons (Fsp3) is 0.455. The van der Waals surface area contributed by atoms with Gasteiger partial charge in [-0.1, -0.05) is 18.2 Å². The number of rotatable bonds is 4. The lowest BCUT2D eigenvalue weighted by Crippen LogP contribution is -2.32. The van der Waals surface area contributed by atoms with Crippen molar-refractivity contribution in [3.63, 3.8) is 0 Å². The summed E-state index contributed by atoms with van der Waals surface area (Å²) in [7, 11) is 3.46. The van der Waals surface area contributed by atoms with Gasteiger partial charge < -0.3 is 19.7 Å². The van der Waals surface area contributed by atoms with Crippen LogP contribution in [-0.4, -0.2) is 39.9 Å². The highest BCUT2D eigenvalue weighted by atomic mass is 16.5. The van der Waals surface area contributed by atoms with Crippen LogP contribution in [0, 0.1) is 0 Å². The Bertz CT molecular complexity index is 790. The number of ether oxygens (including phenoxy) is 2. The normalized spacial score (nSPS) is 20.3. The average molecular weight is 352 g/mol. The minimum Gasteiger partial charge on any atom is -0.497 e. The summed E-state index contributed by atoms with van der Waals surface area (Å²) in [4.78, 5) is 2.60. The van der Waals surface area contributed by atoms with Crippen molar-refractivity contribution < 1.29 is 9.47 Å². The number of hydrogen-bond donors (Lipinski definition) is 1. The van der Waals surface area contributed by atoms with E-state index in [1.807, 2.05) is 6.07 Å². The van der Waals surface area contributed by atoms with E-state index in [4.69, 9.17) is 9.47 Å². The van der Waals surface area contributed by atoms with Crippen molar-refractivity contribution in [2.24, 2.45) is 0 Å². The zero-order valence-electron chi connectivity index (χ0n) is 15.9. The first-order valence-electron chi connectivity index (χ1n) is 9.52. The molecule has 2 unspecified atom stereocenters. The quantitative estimate of drug-likeness (QED) is 0.908. The smallest absolute Gasteiger partial charge is 0.119 e. The third-order valence-corrected chi connectivity index (χ3v) is 5.84. The van der Waals surface area contributed by atoms with Gasteiger partial charge in [-0.25, -0.2) is 0 Å². The Labute approximate surface area is 156 Å². The molecular weight excluding hydrogens is 324 g/mol. The van der Waals surface area contributed by atoms with E-state index in [-0.39, 0.29) is 6.10 Å². The highest BCUT2D eigenvalue weighted by Crippen LogP contribution is 2.39. The van der Waals surface area contributed by atoms with E-state index in [0.29, 0.717) is 6.04 Å². The van der Waals surface area contributed by atoms with Gasteiger partial charge in [-0.2, -0.15) is 0 Å². The molecule has 2 aromatic rings. The zero-order chi connectivity index (χ0) is 18.1. The van der Waals surface area contributed by atoms with E-state index >= 15 is 0 Å². The van der Waals surface area contributed by atoms with Gasteiger partial charge in [-0.3, -0.25) is 0 Å². The molecule has 0 aliphatic carbocycles. The standard InChI is InChI=1S/C22H28N2O2/c1-15(25-2)21-14-19(26-3)6-7-20(21)16-4-5-17-12-18-8-9-23-10-11-24(18)22(17)13-16/h4-7,13-15,18,23H,8-12H2,1-3H3. The molecule has 0 radical (unpaired) electrons. The van der Waals surface area contributed by atoms with Gasteiger partial charge in [0.05, 0.1) is 13.2 Å². The molecule has 1 saturated heterocycles. The van der Waals surface area contributed by atoms with Crippen molar-refractivity contribution in [1.29, 1.82) is 0 Å². The summed E-state index contributed by atoms with van der Waals surface area (Å²) in [6.45, 7) is 5.36. The second-order valence-corrected chi connectivity index (χ2v) is 7.26. The first-order chi connectivity index (χ1) is 12.7. The second-order valence-electron chi connectivity index (χ2n) is 7.26. The molecule has 0 spiro atoms. The third-order valence-electron chi connectivity index (χ3n) is 5.84. The lowest BCUT2D eigenvalue weighted by Gasteiger charge is -2.25. The molecule has 138 valence electrons. The third kappa shape index (κ3) is 3.08. The predicted molar refractivity (Wildman–Crippen MR) is 106 cm³/mol. The van der Waals surface area contributed by atoms with Gasteiger partial charge in [0.1, 0.15) is 5.75 Å². The van der Waals surface area contributed by atoms with E-state index in [9.17, 15) is 0 Å². The first-order valence-corrected chi connectivity index (χ1v) is 9.52. The van der Waals surface area contributed by atoms with Crippen LogP contribution in [0.15, 0.2) is 36.4 Å². The summed E-state index contributed by atoms with van der Waals surface area (Å²) in [5.74, 6) is 0.868. The van der Waals surface area contributed by atoms with Crippen LogP contribution in [0.3, 0.4) is 0 Å². The average Bonchev–Trinajstić information content (AvgIpc) is 2.86. The molecule has 2 aliphatic rings. The van der Waals surface area contributed by atoms with Crippen LogP contribution in [0.2, 0.25) is 0 Å². The lowest BCUT2D eigenvalue weighted by atomic mass is 9.95. The molecule has 2 aromatic carbocycles. The maximum absolute atomic E-state index is 5.62. The molecule has 0 aromatic heterocycles. The maximum atomic E-state index is 5.62. The van der Waals surface area contributed by atoms with Crippen molar-refractivity contribution >= 4 is 5.69 Å². The number of nitrogens with zero attached hydrogens (tertiary/aromatic N) is 1. The second kappa shape index (κ2) is 7.29. The van der Waals surface area contributed by atoms with Gasteiger partial charge in [0, 0.05) is 31.9 Å². The summed E-state index contributed by atoms with van der Waals surface area (Å²) in [5, 5.41) is 3.53. The van der Waals surface area contributed by atoms with Crippen LogP contribution in [0.1, 0.15) is 30.6 Å². The SMILES string of the molecule is COc1ccc(-c2ccc3c(c2)N2CCNCCC2C3)c(C(C)OC)c1. The summed E-state index contributed by atoms with van der Waals surface area (Å²) in [5.41, 5.74) is 6.53. The summed E-state index contributed by atoms with van der Waals surface area (Å²) in [6, 6.07) is 13.9. The number of anilines is 1. The fourth-order valence-electron chi connectivity index (χ4n) is 4.28. The Morgan fingerprint density at radius 1 is 1.12 bits per heavy atom. The van der Waals surface area contributed by atoms with Gasteiger partial charge >= 0.3 is 0 Å². The van der Waals surface area contributed by atoms with Crippen LogP contribution in [0.25, 0.3) is 11.1 Å². The Morgan fingerprint density at radius 2 is 2.00 bits per heavy atom. The predicted octanol–water partition coefficient (Wildman–Crippen LogP) is 3.79. The molecule has 1 fully saturated rings. The van der Waals surface area contributed by atoms with Crippen molar-refractivity contribution in [2.45, 2.75) is 31.9 Å². The number of methoxy groups -OCH3 is 2. The monoisotopic (exact) mass is 352 g/mol. The van der Waals surface area contributed by atoms with Gasteiger partial charge in [0.15, 0.2) is 0 Å². The first kappa shape index (κ1) is 17.4. The molecule has 4 heteroatoms. The van der Waals surface area contributed by atoms with Gasteiger partial charge in [-0.05, 0) is 66.8 Å². The van der Waals surface area contributed by atoms with Crippen LogP contribution >= 0.6 is 0 Å². The minimum atomic E-state index is 0.0171. The number of hydrogen-bond acceptors (Lipinski definition) is 4. The van der Waals surface area contributed by atoms with E-state index in [2.05, 4.69) is 47.5 Å². The number of benzene rings is 2. The summed E-state index contributed by atoms with van der Waals surface area (Å²) in [6.07, 6.45) is 2.41. The van der Waals surface area contributed by atoms with Crippen LogP contribution in [0.4, 0.5) is 5.69 Å². The van der Waals surface area contributed by atoms with E-state index < -0.39 is 0 Å². The molecular formula is C22H28N2O2. The summed E-state index contributed by atoms with van der Waals surface area (Å²) < 4.78 is 11.0. The fourth-order valence-corrected chi connectivity index (χ4v) is 4.28. The van der Waals surface area contributed by atoms with Crippen molar-refractivity contribution in [2.75, 3.05) is 38.8 Å². The zero-order valence-corrected chi connectivity index (χ0v) is 15.9. The van der Waals surface area contributed by atoms with Crippen LogP contribution in [-0.2, 0) is 11.2 Å². The van der Waals surface area contributed by atoms with Crippen molar-refractivity contribution in [1.82, 2.24) is 5.32 Å². The summed E-state index contributed by atoms with van der Waals surface area (Å²) >= 11 is 0. The highest BCUT2D eigenvalue weighted by molar-refractivity contribution is 5.75. The molecule has 2 aliphatic heterocycles. The molecule has 26 heavy (non-hydrogen) atoms. The Balaban J connectivity index is 1.75. The Hall–Kier alpha value is -2.04. The largest absolute Gasteiger partial charge is 0.497 e. The Morgan fingerprint density at radius 3 is 2.81 bits per heavy atom. The molecule has 0 saturated carbocycles. The molecule has 0 bridgehead atoms. The van der Waals surface area contributed by atoms with Gasteiger partial charge in [0.25, 0.3) is 0 Å². The number of fused-ring (bicyclic) bond motifs is 3. The van der Waals surface area contributed by atoms with E-state index in [1.165, 1.54) is 40.8 Å². The molecule has 4 rings (SSSR count). The van der Waals surface area contributed by atoms with Crippen LogP contribution in [0.5, 0.6) is 5.75 Å². The molecule has 2 atom stereocenters. The van der Waals surface area contributed by atoms with E-state index in [1.54, 1.807) is 14.2 Å². The Kier molecular flexibility index (Phi) is 4.88. The maximum Gasteiger partial charge on any atom is 0.119 e. The lowest BCUT2D eigenvalue weighted by molar-refractivity contribution is 0.120. The number of nitrogens with one attached hydrogen (secondary N) is 1. The molecule has 2 heterocycles. The van der Waals surface area contributed by atoms with Crippen LogP contribution < -0.4 is 15.0 Å². The topological polar surface area (TPSA) is 33.7 Å². The van der Waals surface area contributed by atoms with Gasteiger partial charge in [-0.15, -0.1) is 0 Å². The van der Waals surface area contributed by atoms with Crippen molar-refractivity contribution in [3.05, 3.63) is 47.5 Å². The molecule has 0 amide bonds. The molecule has 1 N–H and O–H groups in total. The van der Waals surface area contributed by atoms with Gasteiger partial charge in [0.2, 0.25) is 0 Å². The van der Waals surface area contributed by atoms with E-state index in [0.717, 1.165) is 25.4 Å². The molecule has 4 nitrogen and oxygen atoms in total. The van der Waals surface area contributed by atoms with Crippen molar-refractivity contribution in [3.8, 4) is 16.9 Å². The highest BCUT2D eigenvalue weighted by Gasteiger charge is 2.30.